The van der Waals surface area contributed by atoms with Crippen molar-refractivity contribution in [2.75, 3.05) is 5.32 Å². The number of hydrogen-bond acceptors (Lipinski definition) is 2. The van der Waals surface area contributed by atoms with Crippen molar-refractivity contribution in [3.8, 4) is 0 Å². The summed E-state index contributed by atoms with van der Waals surface area (Å²) in [4.78, 5) is 0. The highest BCUT2D eigenvalue weighted by molar-refractivity contribution is 5.49. The maximum atomic E-state index is 4.14. The molecule has 0 fully saturated rings. The molecule has 0 unspecified atom stereocenters. The Bertz CT molecular complexity index is 704. The number of benzene rings is 1. The third kappa shape index (κ3) is 9.33. The number of nitrogens with one attached hydrogen (secondary N) is 2. The van der Waals surface area contributed by atoms with E-state index in [1.165, 1.54) is 11.1 Å². The van der Waals surface area contributed by atoms with Crippen LogP contribution in [0.3, 0.4) is 0 Å². The maximum absolute atomic E-state index is 4.14. The van der Waals surface area contributed by atoms with Gasteiger partial charge in [0.15, 0.2) is 0 Å². The molecule has 0 saturated heterocycles. The van der Waals surface area contributed by atoms with Gasteiger partial charge in [-0.2, -0.15) is 0 Å². The molecule has 27 heavy (non-hydrogen) atoms. The molecule has 0 aliphatic heterocycles. The Hall–Kier alpha value is -2.22. The van der Waals surface area contributed by atoms with Gasteiger partial charge in [0, 0.05) is 29.2 Å². The van der Waals surface area contributed by atoms with Gasteiger partial charge in [-0.05, 0) is 47.9 Å². The van der Waals surface area contributed by atoms with Crippen LogP contribution in [0.25, 0.3) is 0 Å². The van der Waals surface area contributed by atoms with Crippen molar-refractivity contribution in [2.24, 2.45) is 10.8 Å². The highest BCUT2D eigenvalue weighted by atomic mass is 14.9. The fourth-order valence-electron chi connectivity index (χ4n) is 2.63. The van der Waals surface area contributed by atoms with Crippen LogP contribution in [0.1, 0.15) is 60.5 Å². The normalized spacial score (nSPS) is 12.5. The maximum Gasteiger partial charge on any atom is 0.0381 e. The molecule has 0 saturated carbocycles. The first-order valence-electron chi connectivity index (χ1n) is 9.62. The zero-order valence-corrected chi connectivity index (χ0v) is 18.4. The summed E-state index contributed by atoms with van der Waals surface area (Å²) in [6.07, 6.45) is 3.81. The van der Waals surface area contributed by atoms with E-state index in [4.69, 9.17) is 0 Å². The molecular weight excluding hydrogens is 328 g/mol. The summed E-state index contributed by atoms with van der Waals surface area (Å²) >= 11 is 0. The van der Waals surface area contributed by atoms with Gasteiger partial charge in [0.25, 0.3) is 0 Å². The average molecular weight is 367 g/mol. The molecule has 2 N–H and O–H groups in total. The second-order valence-electron chi connectivity index (χ2n) is 9.67. The second-order valence-corrected chi connectivity index (χ2v) is 9.67. The molecule has 0 atom stereocenters. The van der Waals surface area contributed by atoms with Crippen LogP contribution in [0.2, 0.25) is 0 Å². The summed E-state index contributed by atoms with van der Waals surface area (Å²) in [7, 11) is 0. The van der Waals surface area contributed by atoms with Gasteiger partial charge >= 0.3 is 0 Å². The van der Waals surface area contributed by atoms with Crippen LogP contribution >= 0.6 is 0 Å². The van der Waals surface area contributed by atoms with E-state index in [1.807, 2.05) is 0 Å². The molecule has 148 valence electrons. The SMILES string of the molecule is C=C(/C=C(\C)C(C)(C)C)NC(=C)Cc1ccc(NC(=C)CC(C)(C)C)cc1. The molecule has 1 aromatic rings. The van der Waals surface area contributed by atoms with Gasteiger partial charge in [0.05, 0.1) is 0 Å². The van der Waals surface area contributed by atoms with Crippen LogP contribution in [0, 0.1) is 10.8 Å². The van der Waals surface area contributed by atoms with E-state index in [1.54, 1.807) is 0 Å². The molecule has 2 nitrogen and oxygen atoms in total. The highest BCUT2D eigenvalue weighted by Gasteiger charge is 2.13. The summed E-state index contributed by atoms with van der Waals surface area (Å²) in [5.74, 6) is 0. The van der Waals surface area contributed by atoms with Crippen LogP contribution < -0.4 is 10.6 Å². The first kappa shape index (κ1) is 22.8. The molecule has 0 aliphatic rings. The fourth-order valence-corrected chi connectivity index (χ4v) is 2.63. The van der Waals surface area contributed by atoms with Crippen molar-refractivity contribution in [3.05, 3.63) is 78.3 Å². The Balaban J connectivity index is 2.59. The Labute approximate surface area is 167 Å². The van der Waals surface area contributed by atoms with E-state index in [2.05, 4.69) is 109 Å². The number of hydrogen-bond donors (Lipinski definition) is 2. The molecule has 0 heterocycles. The minimum Gasteiger partial charge on any atom is -0.360 e. The third-order valence-electron chi connectivity index (χ3n) is 4.35. The molecule has 2 heteroatoms. The van der Waals surface area contributed by atoms with Crippen molar-refractivity contribution in [2.45, 2.75) is 61.3 Å². The lowest BCUT2D eigenvalue weighted by atomic mass is 9.87. The lowest BCUT2D eigenvalue weighted by Crippen LogP contribution is -2.14. The van der Waals surface area contributed by atoms with Crippen molar-refractivity contribution in [1.82, 2.24) is 5.32 Å². The second kappa shape index (κ2) is 9.12. The molecular formula is C25H38N2. The summed E-state index contributed by atoms with van der Waals surface area (Å²) in [6.45, 7) is 27.8. The predicted molar refractivity (Wildman–Crippen MR) is 122 cm³/mol. The zero-order valence-electron chi connectivity index (χ0n) is 18.4. The third-order valence-corrected chi connectivity index (χ3v) is 4.35. The lowest BCUT2D eigenvalue weighted by molar-refractivity contribution is 0.411. The van der Waals surface area contributed by atoms with Gasteiger partial charge in [-0.15, -0.1) is 0 Å². The van der Waals surface area contributed by atoms with Gasteiger partial charge < -0.3 is 10.6 Å². The molecule has 1 aromatic carbocycles. The molecule has 0 bridgehead atoms. The van der Waals surface area contributed by atoms with Gasteiger partial charge in [0.2, 0.25) is 0 Å². The molecule has 0 radical (unpaired) electrons. The van der Waals surface area contributed by atoms with Crippen LogP contribution in [0.15, 0.2) is 72.7 Å². The van der Waals surface area contributed by atoms with Gasteiger partial charge in [-0.3, -0.25) is 0 Å². The van der Waals surface area contributed by atoms with Crippen molar-refractivity contribution in [3.63, 3.8) is 0 Å². The van der Waals surface area contributed by atoms with Gasteiger partial charge in [-0.1, -0.05) is 79.0 Å². The fraction of sp³-hybridized carbons (Fsp3) is 0.440. The van der Waals surface area contributed by atoms with E-state index in [9.17, 15) is 0 Å². The summed E-state index contributed by atoms with van der Waals surface area (Å²) in [6, 6.07) is 8.43. The number of allylic oxidation sites excluding steroid dienone is 4. The minimum atomic E-state index is 0.145. The minimum absolute atomic E-state index is 0.145. The van der Waals surface area contributed by atoms with E-state index >= 15 is 0 Å². The molecule has 0 amide bonds. The monoisotopic (exact) mass is 366 g/mol. The Morgan fingerprint density at radius 3 is 1.96 bits per heavy atom. The van der Waals surface area contributed by atoms with E-state index in [-0.39, 0.29) is 10.8 Å². The number of rotatable bonds is 8. The first-order chi connectivity index (χ1) is 12.3. The average Bonchev–Trinajstić information content (AvgIpc) is 2.45. The van der Waals surface area contributed by atoms with Crippen LogP contribution in [-0.2, 0) is 6.42 Å². The highest BCUT2D eigenvalue weighted by Crippen LogP contribution is 2.26. The van der Waals surface area contributed by atoms with Crippen LogP contribution in [0.5, 0.6) is 0 Å². The van der Waals surface area contributed by atoms with Crippen LogP contribution in [0.4, 0.5) is 5.69 Å². The van der Waals surface area contributed by atoms with Crippen LogP contribution in [-0.4, -0.2) is 0 Å². The van der Waals surface area contributed by atoms with E-state index in [0.29, 0.717) is 0 Å². The summed E-state index contributed by atoms with van der Waals surface area (Å²) < 4.78 is 0. The molecule has 0 aromatic heterocycles. The van der Waals surface area contributed by atoms with Gasteiger partial charge in [-0.25, -0.2) is 0 Å². The quantitative estimate of drug-likeness (QED) is 0.475. The predicted octanol–water partition coefficient (Wildman–Crippen LogP) is 7.20. The molecule has 0 spiro atoms. The standard InChI is InChI=1S/C25H38N2/c1-18(25(8,9)10)15-19(2)26-20(3)16-22-11-13-23(14-12-22)27-21(4)17-24(5,6)7/h11-15,26-27H,2-4,16-17H2,1,5-10H3/b18-15+. The largest absolute Gasteiger partial charge is 0.360 e. The Kier molecular flexibility index (Phi) is 7.71. The number of anilines is 1. The summed E-state index contributed by atoms with van der Waals surface area (Å²) in [5.41, 5.74) is 6.81. The topological polar surface area (TPSA) is 24.1 Å². The van der Waals surface area contributed by atoms with Crippen molar-refractivity contribution < 1.29 is 0 Å². The zero-order chi connectivity index (χ0) is 20.8. The first-order valence-corrected chi connectivity index (χ1v) is 9.62. The lowest BCUT2D eigenvalue weighted by Gasteiger charge is -2.21. The smallest absolute Gasteiger partial charge is 0.0381 e. The molecule has 1 rings (SSSR count). The Morgan fingerprint density at radius 1 is 0.926 bits per heavy atom. The van der Waals surface area contributed by atoms with Crippen molar-refractivity contribution in [1.29, 1.82) is 0 Å². The van der Waals surface area contributed by atoms with E-state index < -0.39 is 0 Å². The van der Waals surface area contributed by atoms with Gasteiger partial charge in [0.1, 0.15) is 0 Å². The molecule has 0 aliphatic carbocycles. The Morgan fingerprint density at radius 2 is 1.48 bits per heavy atom. The summed E-state index contributed by atoms with van der Waals surface area (Å²) in [5, 5.41) is 6.70. The van der Waals surface area contributed by atoms with E-state index in [0.717, 1.165) is 35.6 Å². The van der Waals surface area contributed by atoms with Crippen molar-refractivity contribution >= 4 is 5.69 Å².